The van der Waals surface area contributed by atoms with E-state index in [0.717, 1.165) is 12.0 Å². The van der Waals surface area contributed by atoms with E-state index in [1.807, 2.05) is 24.3 Å². The van der Waals surface area contributed by atoms with Crippen LogP contribution < -0.4 is 5.32 Å². The molecule has 19 heavy (non-hydrogen) atoms. The van der Waals surface area contributed by atoms with E-state index in [0.29, 0.717) is 6.42 Å². The summed E-state index contributed by atoms with van der Waals surface area (Å²) < 4.78 is 40.6. The second kappa shape index (κ2) is 7.50. The molecule has 1 atom stereocenters. The van der Waals surface area contributed by atoms with Crippen molar-refractivity contribution >= 4 is 0 Å². The molecule has 0 aliphatic rings. The summed E-state index contributed by atoms with van der Waals surface area (Å²) in [6, 6.07) is 7.98. The normalized spacial score (nSPS) is 13.5. The maximum Gasteiger partial charge on any atom is 0.411 e. The third-order valence-corrected chi connectivity index (χ3v) is 2.91. The molecule has 0 fully saturated rings. The lowest BCUT2D eigenvalue weighted by molar-refractivity contribution is -0.175. The number of aryl methyl sites for hydroxylation is 1. The maximum atomic E-state index is 12.0. The zero-order chi connectivity index (χ0) is 14.3. The molecule has 5 heteroatoms. The van der Waals surface area contributed by atoms with Crippen molar-refractivity contribution in [2.75, 3.05) is 20.3 Å². The molecule has 1 rings (SSSR count). The predicted molar refractivity (Wildman–Crippen MR) is 69.2 cm³/mol. The van der Waals surface area contributed by atoms with E-state index >= 15 is 0 Å². The highest BCUT2D eigenvalue weighted by atomic mass is 19.4. The second-order valence-corrected chi connectivity index (χ2v) is 4.49. The number of nitrogens with one attached hydrogen (secondary N) is 1. The van der Waals surface area contributed by atoms with Crippen LogP contribution in [0.3, 0.4) is 0 Å². The first-order chi connectivity index (χ1) is 8.94. The molecule has 0 spiro atoms. The summed E-state index contributed by atoms with van der Waals surface area (Å²) in [6.07, 6.45) is -2.64. The molecule has 0 aliphatic carbocycles. The van der Waals surface area contributed by atoms with Crippen LogP contribution in [0.25, 0.3) is 0 Å². The summed E-state index contributed by atoms with van der Waals surface area (Å²) in [4.78, 5) is 0. The van der Waals surface area contributed by atoms with Gasteiger partial charge in [-0.15, -0.1) is 0 Å². The summed E-state index contributed by atoms with van der Waals surface area (Å²) in [5.41, 5.74) is 2.34. The lowest BCUT2D eigenvalue weighted by Gasteiger charge is -2.17. The van der Waals surface area contributed by atoms with Crippen LogP contribution in [0.5, 0.6) is 0 Å². The van der Waals surface area contributed by atoms with Crippen LogP contribution in [-0.2, 0) is 17.6 Å². The van der Waals surface area contributed by atoms with Crippen LogP contribution in [0, 0.1) is 0 Å². The van der Waals surface area contributed by atoms with Gasteiger partial charge < -0.3 is 10.1 Å². The van der Waals surface area contributed by atoms with Crippen LogP contribution in [0.4, 0.5) is 13.2 Å². The quantitative estimate of drug-likeness (QED) is 0.826. The van der Waals surface area contributed by atoms with Crippen molar-refractivity contribution in [1.29, 1.82) is 0 Å². The Morgan fingerprint density at radius 2 is 1.74 bits per heavy atom. The summed E-state index contributed by atoms with van der Waals surface area (Å²) in [5, 5.41) is 2.97. The number of alkyl halides is 3. The van der Waals surface area contributed by atoms with E-state index in [-0.39, 0.29) is 12.6 Å². The molecular weight excluding hydrogens is 255 g/mol. The molecule has 1 aromatic rings. The molecule has 0 heterocycles. The van der Waals surface area contributed by atoms with Gasteiger partial charge in [0.25, 0.3) is 0 Å². The fourth-order valence-electron chi connectivity index (χ4n) is 1.76. The topological polar surface area (TPSA) is 21.3 Å². The minimum Gasteiger partial charge on any atom is -0.370 e. The molecule has 0 radical (unpaired) electrons. The largest absolute Gasteiger partial charge is 0.411 e. The molecule has 0 aromatic heterocycles. The van der Waals surface area contributed by atoms with Crippen LogP contribution in [0.2, 0.25) is 0 Å². The molecule has 1 N–H and O–H groups in total. The van der Waals surface area contributed by atoms with Crippen molar-refractivity contribution in [1.82, 2.24) is 5.32 Å². The predicted octanol–water partition coefficient (Wildman–Crippen LogP) is 2.96. The highest BCUT2D eigenvalue weighted by Gasteiger charge is 2.27. The first-order valence-electron chi connectivity index (χ1n) is 6.34. The standard InChI is InChI=1S/C14H20F3NO/c1-3-11-4-6-12(7-5-11)8-13(18-2)9-19-10-14(15,16)17/h4-7,13,18H,3,8-10H2,1-2H3. The van der Waals surface area contributed by atoms with E-state index in [9.17, 15) is 13.2 Å². The van der Waals surface area contributed by atoms with Gasteiger partial charge >= 0.3 is 6.18 Å². The Labute approximate surface area is 112 Å². The molecule has 1 aromatic carbocycles. The number of hydrogen-bond acceptors (Lipinski definition) is 2. The third kappa shape index (κ3) is 6.59. The number of halogens is 3. The third-order valence-electron chi connectivity index (χ3n) is 2.91. The van der Waals surface area contributed by atoms with Crippen molar-refractivity contribution in [3.63, 3.8) is 0 Å². The molecule has 0 bridgehead atoms. The number of benzene rings is 1. The van der Waals surface area contributed by atoms with Crippen molar-refractivity contribution < 1.29 is 17.9 Å². The van der Waals surface area contributed by atoms with Gasteiger partial charge in [0, 0.05) is 6.04 Å². The van der Waals surface area contributed by atoms with Crippen LogP contribution >= 0.6 is 0 Å². The van der Waals surface area contributed by atoms with Crippen molar-refractivity contribution in [2.24, 2.45) is 0 Å². The molecule has 2 nitrogen and oxygen atoms in total. The summed E-state index contributed by atoms with van der Waals surface area (Å²) >= 11 is 0. The average molecular weight is 275 g/mol. The van der Waals surface area contributed by atoms with E-state index in [1.54, 1.807) is 7.05 Å². The van der Waals surface area contributed by atoms with Crippen molar-refractivity contribution in [3.8, 4) is 0 Å². The molecule has 0 amide bonds. The Morgan fingerprint density at radius 1 is 1.16 bits per heavy atom. The zero-order valence-corrected chi connectivity index (χ0v) is 11.3. The van der Waals surface area contributed by atoms with E-state index in [1.165, 1.54) is 5.56 Å². The zero-order valence-electron chi connectivity index (χ0n) is 11.3. The molecular formula is C14H20F3NO. The van der Waals surface area contributed by atoms with Crippen LogP contribution in [0.1, 0.15) is 18.1 Å². The molecule has 0 saturated carbocycles. The minimum absolute atomic E-state index is 0.0472. The Balaban J connectivity index is 2.42. The van der Waals surface area contributed by atoms with Gasteiger partial charge in [-0.25, -0.2) is 0 Å². The van der Waals surface area contributed by atoms with Crippen molar-refractivity contribution in [3.05, 3.63) is 35.4 Å². The summed E-state index contributed by atoms with van der Waals surface area (Å²) in [5.74, 6) is 0. The van der Waals surface area contributed by atoms with Gasteiger partial charge in [-0.2, -0.15) is 13.2 Å². The van der Waals surface area contributed by atoms with Crippen molar-refractivity contribution in [2.45, 2.75) is 32.0 Å². The number of rotatable bonds is 7. The van der Waals surface area contributed by atoms with Gasteiger partial charge in [0.05, 0.1) is 6.61 Å². The Hall–Kier alpha value is -1.07. The fourth-order valence-corrected chi connectivity index (χ4v) is 1.76. The highest BCUT2D eigenvalue weighted by molar-refractivity contribution is 5.23. The summed E-state index contributed by atoms with van der Waals surface area (Å²) in [7, 11) is 1.72. The van der Waals surface area contributed by atoms with Gasteiger partial charge in [-0.3, -0.25) is 0 Å². The smallest absolute Gasteiger partial charge is 0.370 e. The van der Waals surface area contributed by atoms with E-state index in [4.69, 9.17) is 0 Å². The first kappa shape index (κ1) is 16.0. The maximum absolute atomic E-state index is 12.0. The molecule has 108 valence electrons. The average Bonchev–Trinajstić information content (AvgIpc) is 2.37. The van der Waals surface area contributed by atoms with Crippen LogP contribution in [0.15, 0.2) is 24.3 Å². The lowest BCUT2D eigenvalue weighted by Crippen LogP contribution is -2.34. The highest BCUT2D eigenvalue weighted by Crippen LogP contribution is 2.15. The van der Waals surface area contributed by atoms with Crippen LogP contribution in [-0.4, -0.2) is 32.5 Å². The number of likely N-dealkylation sites (N-methyl/N-ethyl adjacent to an activating group) is 1. The van der Waals surface area contributed by atoms with Gasteiger partial charge in [0.2, 0.25) is 0 Å². The SMILES string of the molecule is CCc1ccc(CC(COCC(F)(F)F)NC)cc1. The Kier molecular flexibility index (Phi) is 6.31. The summed E-state index contributed by atoms with van der Waals surface area (Å²) in [6.45, 7) is 0.932. The molecule has 0 saturated heterocycles. The first-order valence-corrected chi connectivity index (χ1v) is 6.34. The van der Waals surface area contributed by atoms with E-state index < -0.39 is 12.8 Å². The molecule has 1 unspecified atom stereocenters. The Morgan fingerprint density at radius 3 is 2.21 bits per heavy atom. The second-order valence-electron chi connectivity index (χ2n) is 4.49. The van der Waals surface area contributed by atoms with Gasteiger partial charge in [-0.05, 0) is 31.0 Å². The molecule has 0 aliphatic heterocycles. The minimum atomic E-state index is -4.26. The van der Waals surface area contributed by atoms with Gasteiger partial charge in [0.15, 0.2) is 0 Å². The van der Waals surface area contributed by atoms with E-state index in [2.05, 4.69) is 17.0 Å². The Bertz CT molecular complexity index is 362. The monoisotopic (exact) mass is 275 g/mol. The number of hydrogen-bond donors (Lipinski definition) is 1. The lowest BCUT2D eigenvalue weighted by atomic mass is 10.0. The fraction of sp³-hybridized carbons (Fsp3) is 0.571. The van der Waals surface area contributed by atoms with Gasteiger partial charge in [0.1, 0.15) is 6.61 Å². The number of ether oxygens (including phenoxy) is 1. The van der Waals surface area contributed by atoms with Gasteiger partial charge in [-0.1, -0.05) is 31.2 Å².